The number of hydrogen-bond donors (Lipinski definition) is 0. The topological polar surface area (TPSA) is 25.8 Å². The van der Waals surface area contributed by atoms with Gasteiger partial charge in [-0.05, 0) is 12.8 Å². The first-order valence-corrected chi connectivity index (χ1v) is 3.35. The molecule has 1 aromatic heterocycles. The van der Waals surface area contributed by atoms with Gasteiger partial charge in [-0.1, -0.05) is 12.2 Å². The highest BCUT2D eigenvalue weighted by Gasteiger charge is 2.03. The molecule has 49 valence electrons. The molecule has 1 aromatic rings. The first-order valence-electron chi connectivity index (χ1n) is 3.35. The van der Waals surface area contributed by atoms with Crippen molar-refractivity contribution in [2.45, 2.75) is 12.8 Å². The van der Waals surface area contributed by atoms with Crippen molar-refractivity contribution in [3.8, 4) is 0 Å². The molecule has 0 aliphatic heterocycles. The molecule has 0 N–H and O–H groups in total. The Balaban J connectivity index is 2.54. The van der Waals surface area contributed by atoms with Crippen LogP contribution in [0.2, 0.25) is 0 Å². The molecular weight excluding hydrogens is 124 g/mol. The fourth-order valence-electron chi connectivity index (χ4n) is 1.08. The van der Waals surface area contributed by atoms with Crippen molar-refractivity contribution in [3.05, 3.63) is 29.6 Å². The normalized spacial score (nSPS) is 14.8. The quantitative estimate of drug-likeness (QED) is 0.529. The number of aryl methyl sites for hydroxylation is 1. The number of hydrogen-bond acceptors (Lipinski definition) is 2. The maximum atomic E-state index is 3.99. The molecule has 10 heavy (non-hydrogen) atoms. The van der Waals surface area contributed by atoms with E-state index in [0.29, 0.717) is 0 Å². The summed E-state index contributed by atoms with van der Waals surface area (Å²) in [6, 6.07) is 3.03. The summed E-state index contributed by atoms with van der Waals surface area (Å²) in [5.41, 5.74) is 2.17. The van der Waals surface area contributed by atoms with Crippen molar-refractivity contribution >= 4 is 6.08 Å². The van der Waals surface area contributed by atoms with E-state index in [4.69, 9.17) is 0 Å². The first-order chi connectivity index (χ1) is 4.97. The third-order valence-electron chi connectivity index (χ3n) is 1.60. The van der Waals surface area contributed by atoms with Gasteiger partial charge in [0.05, 0.1) is 11.9 Å². The molecule has 0 aromatic carbocycles. The Morgan fingerprint density at radius 1 is 1.50 bits per heavy atom. The molecule has 0 fully saturated rings. The van der Waals surface area contributed by atoms with Crippen molar-refractivity contribution in [2.24, 2.45) is 0 Å². The molecule has 0 atom stereocenters. The van der Waals surface area contributed by atoms with Crippen LogP contribution < -0.4 is 0 Å². The van der Waals surface area contributed by atoms with Crippen LogP contribution in [0.15, 0.2) is 12.3 Å². The molecule has 0 saturated heterocycles. The fourth-order valence-corrected chi connectivity index (χ4v) is 1.08. The molecule has 0 unspecified atom stereocenters. The Hall–Kier alpha value is -1.18. The third kappa shape index (κ3) is 0.817. The fraction of sp³-hybridized carbons (Fsp3) is 0.250. The Morgan fingerprint density at radius 2 is 2.50 bits per heavy atom. The summed E-state index contributed by atoms with van der Waals surface area (Å²) in [5, 5.41) is 7.75. The van der Waals surface area contributed by atoms with Crippen molar-refractivity contribution in [3.63, 3.8) is 0 Å². The van der Waals surface area contributed by atoms with E-state index in [9.17, 15) is 0 Å². The number of aromatic nitrogens is 2. The zero-order valence-electron chi connectivity index (χ0n) is 5.54. The lowest BCUT2D eigenvalue weighted by atomic mass is 10.0. The summed E-state index contributed by atoms with van der Waals surface area (Å²) in [6.07, 6.45) is 7.89. The predicted octanol–water partition coefficient (Wildman–Crippen LogP) is 1.24. The number of fused-ring (bicyclic) bond motifs is 1. The molecule has 0 spiro atoms. The Morgan fingerprint density at radius 3 is 3.40 bits per heavy atom. The summed E-state index contributed by atoms with van der Waals surface area (Å²) in [7, 11) is 0. The highest BCUT2D eigenvalue weighted by Crippen LogP contribution is 2.13. The van der Waals surface area contributed by atoms with E-state index in [1.807, 2.05) is 6.08 Å². The van der Waals surface area contributed by atoms with Crippen LogP contribution in [0.25, 0.3) is 6.08 Å². The average Bonchev–Trinajstić information content (AvgIpc) is 2.05. The molecular formula is C8H7N2. The van der Waals surface area contributed by atoms with Gasteiger partial charge in [0.15, 0.2) is 0 Å². The Bertz CT molecular complexity index is 266. The van der Waals surface area contributed by atoms with E-state index in [1.54, 1.807) is 6.20 Å². The second-order valence-electron chi connectivity index (χ2n) is 2.29. The van der Waals surface area contributed by atoms with Gasteiger partial charge in [0.2, 0.25) is 0 Å². The van der Waals surface area contributed by atoms with Crippen LogP contribution in [0.4, 0.5) is 0 Å². The summed E-state index contributed by atoms with van der Waals surface area (Å²) >= 11 is 0. The summed E-state index contributed by atoms with van der Waals surface area (Å²) in [5.74, 6) is 0. The van der Waals surface area contributed by atoms with Crippen molar-refractivity contribution in [2.75, 3.05) is 0 Å². The average molecular weight is 131 g/mol. The lowest BCUT2D eigenvalue weighted by molar-refractivity contribution is 0.860. The molecule has 1 aliphatic carbocycles. The molecule has 1 heterocycles. The van der Waals surface area contributed by atoms with Crippen LogP contribution in [-0.4, -0.2) is 10.2 Å². The second kappa shape index (κ2) is 2.21. The predicted molar refractivity (Wildman–Crippen MR) is 38.2 cm³/mol. The van der Waals surface area contributed by atoms with Crippen LogP contribution in [0, 0.1) is 6.07 Å². The van der Waals surface area contributed by atoms with Gasteiger partial charge in [-0.3, -0.25) is 0 Å². The molecule has 0 amide bonds. The maximum Gasteiger partial charge on any atom is 0.0712 e. The largest absolute Gasteiger partial charge is 0.158 e. The van der Waals surface area contributed by atoms with Gasteiger partial charge in [-0.25, -0.2) is 0 Å². The van der Waals surface area contributed by atoms with Gasteiger partial charge in [-0.2, -0.15) is 10.2 Å². The SMILES string of the molecule is [c]1cnnc2c1C=CCC2. The van der Waals surface area contributed by atoms with Gasteiger partial charge < -0.3 is 0 Å². The van der Waals surface area contributed by atoms with Crippen LogP contribution in [0.1, 0.15) is 17.7 Å². The van der Waals surface area contributed by atoms with E-state index < -0.39 is 0 Å². The van der Waals surface area contributed by atoms with Gasteiger partial charge in [0.25, 0.3) is 0 Å². The Kier molecular flexibility index (Phi) is 1.24. The van der Waals surface area contributed by atoms with Crippen molar-refractivity contribution in [1.29, 1.82) is 0 Å². The minimum atomic E-state index is 1.01. The summed E-state index contributed by atoms with van der Waals surface area (Å²) < 4.78 is 0. The molecule has 1 radical (unpaired) electrons. The van der Waals surface area contributed by atoms with Crippen LogP contribution in [-0.2, 0) is 6.42 Å². The molecule has 0 saturated carbocycles. The van der Waals surface area contributed by atoms with Crippen LogP contribution >= 0.6 is 0 Å². The monoisotopic (exact) mass is 131 g/mol. The van der Waals surface area contributed by atoms with E-state index in [2.05, 4.69) is 22.3 Å². The third-order valence-corrected chi connectivity index (χ3v) is 1.60. The van der Waals surface area contributed by atoms with E-state index in [-0.39, 0.29) is 0 Å². The van der Waals surface area contributed by atoms with E-state index in [0.717, 1.165) is 24.1 Å². The molecule has 2 nitrogen and oxygen atoms in total. The smallest absolute Gasteiger partial charge is 0.0712 e. The highest BCUT2D eigenvalue weighted by atomic mass is 15.1. The number of rotatable bonds is 0. The van der Waals surface area contributed by atoms with E-state index in [1.165, 1.54) is 0 Å². The Labute approximate surface area is 59.6 Å². The van der Waals surface area contributed by atoms with Crippen molar-refractivity contribution < 1.29 is 0 Å². The number of allylic oxidation sites excluding steroid dienone is 1. The molecule has 0 bridgehead atoms. The first kappa shape index (κ1) is 5.59. The number of nitrogens with zero attached hydrogens (tertiary/aromatic N) is 2. The van der Waals surface area contributed by atoms with E-state index >= 15 is 0 Å². The van der Waals surface area contributed by atoms with Gasteiger partial charge in [0, 0.05) is 11.6 Å². The van der Waals surface area contributed by atoms with Crippen LogP contribution in [0.5, 0.6) is 0 Å². The lowest BCUT2D eigenvalue weighted by Gasteiger charge is -2.04. The van der Waals surface area contributed by atoms with Crippen molar-refractivity contribution in [1.82, 2.24) is 10.2 Å². The molecule has 1 aliphatic rings. The van der Waals surface area contributed by atoms with Gasteiger partial charge in [0.1, 0.15) is 0 Å². The highest BCUT2D eigenvalue weighted by molar-refractivity contribution is 5.52. The molecule has 2 heteroatoms. The van der Waals surface area contributed by atoms with Gasteiger partial charge >= 0.3 is 0 Å². The van der Waals surface area contributed by atoms with Crippen LogP contribution in [0.3, 0.4) is 0 Å². The zero-order valence-corrected chi connectivity index (χ0v) is 5.54. The summed E-state index contributed by atoms with van der Waals surface area (Å²) in [6.45, 7) is 0. The zero-order chi connectivity index (χ0) is 6.81. The second-order valence-corrected chi connectivity index (χ2v) is 2.29. The summed E-state index contributed by atoms with van der Waals surface area (Å²) in [4.78, 5) is 0. The lowest BCUT2D eigenvalue weighted by Crippen LogP contribution is -1.98. The van der Waals surface area contributed by atoms with Gasteiger partial charge in [-0.15, -0.1) is 0 Å². The maximum absolute atomic E-state index is 3.99. The minimum Gasteiger partial charge on any atom is -0.158 e. The molecule has 2 rings (SSSR count). The minimum absolute atomic E-state index is 1.01. The standard InChI is InChI=1S/C8H7N2/c1-2-4-8-7(3-1)5-6-9-10-8/h1,3,6H,2,4H2.